The van der Waals surface area contributed by atoms with Crippen LogP contribution in [0.15, 0.2) is 36.4 Å². The largest absolute Gasteiger partial charge is 0.487 e. The minimum Gasteiger partial charge on any atom is -0.487 e. The van der Waals surface area contributed by atoms with Crippen molar-refractivity contribution in [1.29, 1.82) is 0 Å². The zero-order chi connectivity index (χ0) is 21.2. The molecule has 1 aliphatic carbocycles. The number of allylic oxidation sites excluding steroid dienone is 2. The summed E-state index contributed by atoms with van der Waals surface area (Å²) in [5.41, 5.74) is 0. The third-order valence-electron chi connectivity index (χ3n) is 5.33. The van der Waals surface area contributed by atoms with Crippen molar-refractivity contribution in [1.82, 2.24) is 0 Å². The SMILES string of the molecule is COc1ccc(CCC(O)C=C[C@H]2C(O)CC(O)[C@@H]2CC=CCCCC(=O)O)s1. The van der Waals surface area contributed by atoms with Crippen LogP contribution >= 0.6 is 11.3 Å². The molecule has 1 aromatic heterocycles. The summed E-state index contributed by atoms with van der Waals surface area (Å²) in [6.45, 7) is 0. The molecule has 1 fully saturated rings. The molecule has 0 aromatic carbocycles. The molecule has 5 atom stereocenters. The van der Waals surface area contributed by atoms with Crippen LogP contribution in [0.3, 0.4) is 0 Å². The number of hydrogen-bond acceptors (Lipinski definition) is 6. The van der Waals surface area contributed by atoms with Crippen molar-refractivity contribution in [3.63, 3.8) is 0 Å². The third kappa shape index (κ3) is 7.93. The third-order valence-corrected chi connectivity index (χ3v) is 6.44. The van der Waals surface area contributed by atoms with Crippen LogP contribution in [0.1, 0.15) is 43.4 Å². The number of methoxy groups -OCH3 is 1. The maximum Gasteiger partial charge on any atom is 0.303 e. The molecule has 0 radical (unpaired) electrons. The zero-order valence-corrected chi connectivity index (χ0v) is 17.6. The van der Waals surface area contributed by atoms with E-state index in [1.807, 2.05) is 30.4 Å². The Kier molecular flexibility index (Phi) is 9.87. The number of ether oxygens (including phenoxy) is 1. The van der Waals surface area contributed by atoms with Crippen molar-refractivity contribution in [2.75, 3.05) is 7.11 Å². The van der Waals surface area contributed by atoms with Crippen LogP contribution in [-0.4, -0.2) is 51.8 Å². The Hall–Kier alpha value is -1.67. The normalized spacial score (nSPS) is 25.8. The molecular weight excluding hydrogens is 392 g/mol. The fourth-order valence-electron chi connectivity index (χ4n) is 3.69. The second kappa shape index (κ2) is 12.1. The van der Waals surface area contributed by atoms with Gasteiger partial charge in [-0.1, -0.05) is 24.3 Å². The number of rotatable bonds is 12. The second-order valence-electron chi connectivity index (χ2n) is 7.52. The summed E-state index contributed by atoms with van der Waals surface area (Å²) in [5.74, 6) is -1.11. The Morgan fingerprint density at radius 2 is 2.10 bits per heavy atom. The monoisotopic (exact) mass is 424 g/mol. The number of aliphatic hydroxyl groups excluding tert-OH is 3. The molecule has 0 spiro atoms. The number of carboxylic acid groups (broad SMARTS) is 1. The van der Waals surface area contributed by atoms with Gasteiger partial charge in [-0.05, 0) is 50.2 Å². The number of thiophene rings is 1. The number of aliphatic carboxylic acids is 1. The molecule has 162 valence electrons. The van der Waals surface area contributed by atoms with E-state index in [-0.39, 0.29) is 18.3 Å². The summed E-state index contributed by atoms with van der Waals surface area (Å²) in [7, 11) is 1.64. The van der Waals surface area contributed by atoms with Gasteiger partial charge in [0.1, 0.15) is 0 Å². The van der Waals surface area contributed by atoms with Gasteiger partial charge in [-0.2, -0.15) is 0 Å². The number of carbonyl (C=O) groups is 1. The summed E-state index contributed by atoms with van der Waals surface area (Å²) < 4.78 is 5.17. The zero-order valence-electron chi connectivity index (χ0n) is 16.8. The molecule has 0 aliphatic heterocycles. The second-order valence-corrected chi connectivity index (χ2v) is 8.65. The minimum absolute atomic E-state index is 0.106. The first-order valence-electron chi connectivity index (χ1n) is 10.1. The van der Waals surface area contributed by atoms with E-state index in [1.54, 1.807) is 24.5 Å². The van der Waals surface area contributed by atoms with Crippen molar-refractivity contribution >= 4 is 17.3 Å². The van der Waals surface area contributed by atoms with E-state index in [0.29, 0.717) is 32.1 Å². The summed E-state index contributed by atoms with van der Waals surface area (Å²) >= 11 is 1.56. The molecular formula is C22H32O6S. The Morgan fingerprint density at radius 3 is 2.79 bits per heavy atom. The smallest absolute Gasteiger partial charge is 0.303 e. The van der Waals surface area contributed by atoms with Crippen LogP contribution < -0.4 is 4.74 Å². The summed E-state index contributed by atoms with van der Waals surface area (Å²) in [5, 5.41) is 40.3. The average Bonchev–Trinajstić information content (AvgIpc) is 3.25. The van der Waals surface area contributed by atoms with E-state index in [9.17, 15) is 20.1 Å². The molecule has 1 saturated carbocycles. The van der Waals surface area contributed by atoms with Crippen molar-refractivity contribution in [2.24, 2.45) is 11.8 Å². The first kappa shape index (κ1) is 23.6. The number of aryl methyl sites for hydroxylation is 1. The lowest BCUT2D eigenvalue weighted by Gasteiger charge is -2.19. The molecule has 1 heterocycles. The lowest BCUT2D eigenvalue weighted by molar-refractivity contribution is -0.137. The maximum atomic E-state index is 10.5. The van der Waals surface area contributed by atoms with E-state index in [2.05, 4.69) is 0 Å². The van der Waals surface area contributed by atoms with Crippen LogP contribution in [0.5, 0.6) is 5.06 Å². The number of carboxylic acids is 1. The topological polar surface area (TPSA) is 107 Å². The fraction of sp³-hybridized carbons (Fsp3) is 0.591. The first-order valence-corrected chi connectivity index (χ1v) is 10.9. The van der Waals surface area contributed by atoms with Crippen LogP contribution in [0.4, 0.5) is 0 Å². The van der Waals surface area contributed by atoms with Gasteiger partial charge in [-0.3, -0.25) is 4.79 Å². The molecule has 29 heavy (non-hydrogen) atoms. The molecule has 7 heteroatoms. The quantitative estimate of drug-likeness (QED) is 0.303. The Bertz CT molecular complexity index is 683. The number of hydrogen-bond donors (Lipinski definition) is 4. The highest BCUT2D eigenvalue weighted by atomic mass is 32.1. The number of unbranched alkanes of at least 4 members (excludes halogenated alkanes) is 1. The predicted molar refractivity (Wildman–Crippen MR) is 113 cm³/mol. The molecule has 2 rings (SSSR count). The van der Waals surface area contributed by atoms with Gasteiger partial charge in [0.15, 0.2) is 5.06 Å². The van der Waals surface area contributed by atoms with E-state index in [4.69, 9.17) is 9.84 Å². The van der Waals surface area contributed by atoms with Gasteiger partial charge in [-0.15, -0.1) is 11.3 Å². The maximum absolute atomic E-state index is 10.5. The van der Waals surface area contributed by atoms with Crippen molar-refractivity contribution in [2.45, 2.75) is 63.3 Å². The van der Waals surface area contributed by atoms with E-state index < -0.39 is 24.3 Å². The minimum atomic E-state index is -0.797. The molecule has 1 aliphatic rings. The lowest BCUT2D eigenvalue weighted by atomic mass is 9.89. The fourth-order valence-corrected chi connectivity index (χ4v) is 4.53. The van der Waals surface area contributed by atoms with E-state index in [1.165, 1.54) is 0 Å². The van der Waals surface area contributed by atoms with Crippen LogP contribution in [0.2, 0.25) is 0 Å². The Morgan fingerprint density at radius 1 is 1.31 bits per heavy atom. The highest BCUT2D eigenvalue weighted by Crippen LogP contribution is 2.36. The van der Waals surface area contributed by atoms with E-state index in [0.717, 1.165) is 16.4 Å². The van der Waals surface area contributed by atoms with Crippen molar-refractivity contribution in [3.05, 3.63) is 41.3 Å². The lowest BCUT2D eigenvalue weighted by Crippen LogP contribution is -2.20. The molecule has 4 N–H and O–H groups in total. The van der Waals surface area contributed by atoms with Crippen LogP contribution in [0.25, 0.3) is 0 Å². The first-order chi connectivity index (χ1) is 13.9. The molecule has 6 nitrogen and oxygen atoms in total. The molecule has 1 aromatic rings. The summed E-state index contributed by atoms with van der Waals surface area (Å²) in [6.07, 6.45) is 9.33. The predicted octanol–water partition coefficient (Wildman–Crippen LogP) is 3.17. The molecule has 0 bridgehead atoms. The summed E-state index contributed by atoms with van der Waals surface area (Å²) in [6, 6.07) is 3.91. The van der Waals surface area contributed by atoms with Gasteiger partial charge >= 0.3 is 5.97 Å². The Labute approximate surface area is 176 Å². The van der Waals surface area contributed by atoms with Gasteiger partial charge in [0, 0.05) is 23.6 Å². The molecule has 0 saturated heterocycles. The van der Waals surface area contributed by atoms with Gasteiger partial charge in [0.25, 0.3) is 0 Å². The molecule has 0 amide bonds. The molecule has 3 unspecified atom stereocenters. The highest BCUT2D eigenvalue weighted by Gasteiger charge is 2.39. The standard InChI is InChI=1S/C22H32O6S/c1-28-22-13-11-16(29-22)10-8-15(23)9-12-18-17(19(24)14-20(18)25)6-4-2-3-5-7-21(26)27/h2,4,9,11-13,15,17-20,23-25H,3,5-8,10,14H2,1H3,(H,26,27)/t15?,17-,18-,19?,20?/m1/s1. The van der Waals surface area contributed by atoms with Crippen molar-refractivity contribution in [3.8, 4) is 5.06 Å². The van der Waals surface area contributed by atoms with Crippen molar-refractivity contribution < 1.29 is 30.0 Å². The van der Waals surface area contributed by atoms with Gasteiger partial charge in [-0.25, -0.2) is 0 Å². The van der Waals surface area contributed by atoms with E-state index >= 15 is 0 Å². The number of aliphatic hydroxyl groups is 3. The Balaban J connectivity index is 1.81. The van der Waals surface area contributed by atoms with Crippen LogP contribution in [-0.2, 0) is 11.2 Å². The van der Waals surface area contributed by atoms with Gasteiger partial charge in [0.05, 0.1) is 25.4 Å². The summed E-state index contributed by atoms with van der Waals surface area (Å²) in [4.78, 5) is 11.7. The highest BCUT2D eigenvalue weighted by molar-refractivity contribution is 7.13. The average molecular weight is 425 g/mol. The van der Waals surface area contributed by atoms with Gasteiger partial charge < -0.3 is 25.2 Å². The van der Waals surface area contributed by atoms with Gasteiger partial charge in [0.2, 0.25) is 0 Å². The van der Waals surface area contributed by atoms with Crippen LogP contribution in [0, 0.1) is 11.8 Å².